The van der Waals surface area contributed by atoms with Gasteiger partial charge in [-0.25, -0.2) is 0 Å². The first-order valence-corrected chi connectivity index (χ1v) is 7.12. The Bertz CT molecular complexity index is 296. The Morgan fingerprint density at radius 3 is 1.39 bits per heavy atom. The molecule has 0 aliphatic heterocycles. The van der Waals surface area contributed by atoms with E-state index in [1.807, 2.05) is 41.5 Å². The Morgan fingerprint density at radius 1 is 0.778 bits per heavy atom. The number of carbonyl (C=O) groups excluding carboxylic acids is 2. The van der Waals surface area contributed by atoms with E-state index in [2.05, 4.69) is 0 Å². The van der Waals surface area contributed by atoms with Gasteiger partial charge in [-0.3, -0.25) is 9.59 Å². The summed E-state index contributed by atoms with van der Waals surface area (Å²) in [6.07, 6.45) is 3.71. The van der Waals surface area contributed by atoms with Crippen molar-refractivity contribution in [2.24, 2.45) is 22.7 Å². The predicted octanol–water partition coefficient (Wildman–Crippen LogP) is 4.02. The molecule has 0 N–H and O–H groups in total. The lowest BCUT2D eigenvalue weighted by Gasteiger charge is -2.34. The van der Waals surface area contributed by atoms with Gasteiger partial charge in [0.05, 0.1) is 0 Å². The third-order valence-corrected chi connectivity index (χ3v) is 3.89. The van der Waals surface area contributed by atoms with Crippen LogP contribution in [0.2, 0.25) is 0 Å². The molecule has 18 heavy (non-hydrogen) atoms. The maximum absolute atomic E-state index is 12.3. The summed E-state index contributed by atoms with van der Waals surface area (Å²) >= 11 is 0. The zero-order valence-corrected chi connectivity index (χ0v) is 12.8. The van der Waals surface area contributed by atoms with E-state index in [9.17, 15) is 9.59 Å². The molecule has 1 fully saturated rings. The lowest BCUT2D eigenvalue weighted by Crippen LogP contribution is -2.37. The van der Waals surface area contributed by atoms with Crippen molar-refractivity contribution < 1.29 is 9.59 Å². The molecule has 2 heteroatoms. The van der Waals surface area contributed by atoms with E-state index in [-0.39, 0.29) is 22.7 Å². The van der Waals surface area contributed by atoms with Crippen LogP contribution in [0.25, 0.3) is 0 Å². The molecule has 0 amide bonds. The molecule has 0 aromatic carbocycles. The monoisotopic (exact) mass is 252 g/mol. The molecule has 0 aromatic heterocycles. The molecule has 2 atom stereocenters. The average Bonchev–Trinajstić information content (AvgIpc) is 2.24. The third kappa shape index (κ3) is 3.66. The van der Waals surface area contributed by atoms with Crippen LogP contribution in [0.5, 0.6) is 0 Å². The predicted molar refractivity (Wildman–Crippen MR) is 74.4 cm³/mol. The van der Waals surface area contributed by atoms with Gasteiger partial charge in [-0.05, 0) is 19.3 Å². The molecule has 104 valence electrons. The molecule has 0 radical (unpaired) electrons. The third-order valence-electron chi connectivity index (χ3n) is 3.89. The molecule has 0 aromatic rings. The highest BCUT2D eigenvalue weighted by Crippen LogP contribution is 2.37. The first kappa shape index (κ1) is 15.4. The standard InChI is InChI=1S/C16H28O2/c1-15(2,3)13(17)11-8-7-9-12(10-11)14(18)16(4,5)6/h11-12H,7-10H2,1-6H3. The van der Waals surface area contributed by atoms with Crippen molar-refractivity contribution in [2.75, 3.05) is 0 Å². The number of ketones is 2. The highest BCUT2D eigenvalue weighted by molar-refractivity contribution is 5.89. The van der Waals surface area contributed by atoms with Crippen LogP contribution < -0.4 is 0 Å². The minimum absolute atomic E-state index is 0.0926. The lowest BCUT2D eigenvalue weighted by atomic mass is 9.69. The smallest absolute Gasteiger partial charge is 0.141 e. The molecule has 0 saturated heterocycles. The van der Waals surface area contributed by atoms with E-state index < -0.39 is 0 Å². The molecule has 0 spiro atoms. The SMILES string of the molecule is CC(C)(C)C(=O)C1CCCC(C(=O)C(C)(C)C)C1. The highest BCUT2D eigenvalue weighted by atomic mass is 16.1. The van der Waals surface area contributed by atoms with Crippen molar-refractivity contribution in [3.8, 4) is 0 Å². The second-order valence-corrected chi connectivity index (χ2v) is 7.79. The van der Waals surface area contributed by atoms with Gasteiger partial charge in [0.2, 0.25) is 0 Å². The van der Waals surface area contributed by atoms with Crippen LogP contribution in [0.15, 0.2) is 0 Å². The Hall–Kier alpha value is -0.660. The number of rotatable bonds is 2. The van der Waals surface area contributed by atoms with E-state index in [1.54, 1.807) is 0 Å². The average molecular weight is 252 g/mol. The van der Waals surface area contributed by atoms with Gasteiger partial charge in [-0.15, -0.1) is 0 Å². The topological polar surface area (TPSA) is 34.1 Å². The second-order valence-electron chi connectivity index (χ2n) is 7.79. The Labute approximate surface area is 112 Å². The Balaban J connectivity index is 2.74. The summed E-state index contributed by atoms with van der Waals surface area (Å²) in [7, 11) is 0. The van der Waals surface area contributed by atoms with E-state index >= 15 is 0 Å². The molecular formula is C16H28O2. The van der Waals surface area contributed by atoms with Gasteiger partial charge in [0, 0.05) is 22.7 Å². The maximum Gasteiger partial charge on any atom is 0.141 e. The number of hydrogen-bond acceptors (Lipinski definition) is 2. The van der Waals surface area contributed by atoms with Crippen molar-refractivity contribution in [1.82, 2.24) is 0 Å². The van der Waals surface area contributed by atoms with Gasteiger partial charge in [0.1, 0.15) is 11.6 Å². The van der Waals surface area contributed by atoms with Gasteiger partial charge in [-0.1, -0.05) is 48.0 Å². The van der Waals surface area contributed by atoms with Gasteiger partial charge in [0.15, 0.2) is 0 Å². The van der Waals surface area contributed by atoms with Gasteiger partial charge >= 0.3 is 0 Å². The maximum atomic E-state index is 12.3. The first-order chi connectivity index (χ1) is 8.03. The first-order valence-electron chi connectivity index (χ1n) is 7.12. The normalized spacial score (nSPS) is 25.9. The van der Waals surface area contributed by atoms with Crippen LogP contribution in [-0.4, -0.2) is 11.6 Å². The zero-order valence-electron chi connectivity index (χ0n) is 12.8. The van der Waals surface area contributed by atoms with Crippen LogP contribution in [-0.2, 0) is 9.59 Å². The van der Waals surface area contributed by atoms with Crippen LogP contribution >= 0.6 is 0 Å². The summed E-state index contributed by atoms with van der Waals surface area (Å²) in [6, 6.07) is 0. The Kier molecular flexibility index (Phi) is 4.40. The molecule has 2 unspecified atom stereocenters. The number of carbonyl (C=O) groups is 2. The largest absolute Gasteiger partial charge is 0.299 e. The molecule has 1 rings (SSSR count). The van der Waals surface area contributed by atoms with Crippen LogP contribution in [0.3, 0.4) is 0 Å². The molecule has 2 nitrogen and oxygen atoms in total. The van der Waals surface area contributed by atoms with E-state index in [4.69, 9.17) is 0 Å². The van der Waals surface area contributed by atoms with Crippen LogP contribution in [0.1, 0.15) is 67.2 Å². The van der Waals surface area contributed by atoms with Gasteiger partial charge < -0.3 is 0 Å². The summed E-state index contributed by atoms with van der Waals surface area (Å²) in [5.74, 6) is 0.841. The molecule has 1 aliphatic carbocycles. The number of hydrogen-bond donors (Lipinski definition) is 0. The Morgan fingerprint density at radius 2 is 1.11 bits per heavy atom. The van der Waals surface area contributed by atoms with E-state index in [1.165, 1.54) is 0 Å². The molecular weight excluding hydrogens is 224 g/mol. The summed E-state index contributed by atoms with van der Waals surface area (Å²) in [5.41, 5.74) is -0.561. The van der Waals surface area contributed by atoms with Crippen molar-refractivity contribution in [1.29, 1.82) is 0 Å². The summed E-state index contributed by atoms with van der Waals surface area (Å²) < 4.78 is 0. The molecule has 1 saturated carbocycles. The fraction of sp³-hybridized carbons (Fsp3) is 0.875. The fourth-order valence-electron chi connectivity index (χ4n) is 2.89. The quantitative estimate of drug-likeness (QED) is 0.743. The minimum atomic E-state index is -0.280. The summed E-state index contributed by atoms with van der Waals surface area (Å²) in [6.45, 7) is 11.9. The minimum Gasteiger partial charge on any atom is -0.299 e. The van der Waals surface area contributed by atoms with Crippen molar-refractivity contribution >= 4 is 11.6 Å². The van der Waals surface area contributed by atoms with Crippen LogP contribution in [0.4, 0.5) is 0 Å². The van der Waals surface area contributed by atoms with E-state index in [0.717, 1.165) is 25.7 Å². The van der Waals surface area contributed by atoms with Crippen molar-refractivity contribution in [2.45, 2.75) is 67.2 Å². The molecule has 0 bridgehead atoms. The second kappa shape index (κ2) is 5.14. The molecule has 1 aliphatic rings. The van der Waals surface area contributed by atoms with Gasteiger partial charge in [0.25, 0.3) is 0 Å². The molecule has 0 heterocycles. The van der Waals surface area contributed by atoms with Crippen molar-refractivity contribution in [3.63, 3.8) is 0 Å². The van der Waals surface area contributed by atoms with Crippen LogP contribution in [0, 0.1) is 22.7 Å². The summed E-state index contributed by atoms with van der Waals surface area (Å²) in [5, 5.41) is 0. The number of Topliss-reactive ketones (excluding diaryl/α,β-unsaturated/α-hetero) is 2. The highest BCUT2D eigenvalue weighted by Gasteiger charge is 2.38. The fourth-order valence-corrected chi connectivity index (χ4v) is 2.89. The van der Waals surface area contributed by atoms with E-state index in [0.29, 0.717) is 11.6 Å². The lowest BCUT2D eigenvalue weighted by molar-refractivity contribution is -0.136. The summed E-state index contributed by atoms with van der Waals surface area (Å²) in [4.78, 5) is 24.7. The zero-order chi connectivity index (χ0) is 14.1. The van der Waals surface area contributed by atoms with Gasteiger partial charge in [-0.2, -0.15) is 0 Å². The van der Waals surface area contributed by atoms with Crippen molar-refractivity contribution in [3.05, 3.63) is 0 Å².